The Hall–Kier alpha value is -1.31. The molecule has 2 aromatic rings. The Kier molecular flexibility index (Phi) is 3.34. The maximum atomic E-state index is 12.3. The summed E-state index contributed by atoms with van der Waals surface area (Å²) in [7, 11) is 0. The first-order chi connectivity index (χ1) is 9.15. The van der Waals surface area contributed by atoms with Gasteiger partial charge in [0.15, 0.2) is 0 Å². The first kappa shape index (κ1) is 12.7. The Morgan fingerprint density at radius 2 is 1.89 bits per heavy atom. The molecule has 0 saturated heterocycles. The van der Waals surface area contributed by atoms with Gasteiger partial charge in [0.1, 0.15) is 5.78 Å². The summed E-state index contributed by atoms with van der Waals surface area (Å²) >= 11 is 11.8. The Morgan fingerprint density at radius 3 is 2.63 bits per heavy atom. The number of hydrogen-bond donors (Lipinski definition) is 0. The number of rotatable bonds is 3. The van der Waals surface area contributed by atoms with Crippen molar-refractivity contribution in [2.75, 3.05) is 0 Å². The van der Waals surface area contributed by atoms with Crippen molar-refractivity contribution in [3.05, 3.63) is 69.2 Å². The van der Waals surface area contributed by atoms with Crippen LogP contribution in [0.2, 0.25) is 10.0 Å². The Morgan fingerprint density at radius 1 is 1.11 bits per heavy atom. The molecule has 19 heavy (non-hydrogen) atoms. The highest BCUT2D eigenvalue weighted by molar-refractivity contribution is 6.42. The first-order valence-corrected chi connectivity index (χ1v) is 6.95. The molecule has 1 aliphatic rings. The molecule has 3 rings (SSSR count). The van der Waals surface area contributed by atoms with E-state index in [2.05, 4.69) is 6.07 Å². The first-order valence-electron chi connectivity index (χ1n) is 6.19. The molecule has 1 aliphatic carbocycles. The van der Waals surface area contributed by atoms with Crippen molar-refractivity contribution in [2.24, 2.45) is 0 Å². The summed E-state index contributed by atoms with van der Waals surface area (Å²) in [6.45, 7) is 0. The van der Waals surface area contributed by atoms with Crippen LogP contribution in [0.15, 0.2) is 42.5 Å². The average molecular weight is 291 g/mol. The number of carbonyl (C=O) groups is 1. The highest BCUT2D eigenvalue weighted by atomic mass is 35.5. The molecule has 1 nitrogen and oxygen atoms in total. The van der Waals surface area contributed by atoms with Gasteiger partial charge < -0.3 is 0 Å². The average Bonchev–Trinajstić information content (AvgIpc) is 2.35. The predicted molar refractivity (Wildman–Crippen MR) is 78.1 cm³/mol. The maximum absolute atomic E-state index is 12.3. The number of fused-ring (bicyclic) bond motifs is 1. The van der Waals surface area contributed by atoms with Gasteiger partial charge in [0.25, 0.3) is 0 Å². The summed E-state index contributed by atoms with van der Waals surface area (Å²) in [6, 6.07) is 13.5. The molecule has 0 N–H and O–H groups in total. The second-order valence-electron chi connectivity index (χ2n) is 4.85. The van der Waals surface area contributed by atoms with Crippen molar-refractivity contribution in [1.29, 1.82) is 0 Å². The van der Waals surface area contributed by atoms with Gasteiger partial charge in [-0.05, 0) is 35.2 Å². The van der Waals surface area contributed by atoms with Crippen LogP contribution in [0.25, 0.3) is 0 Å². The molecule has 0 aromatic heterocycles. The van der Waals surface area contributed by atoms with Gasteiger partial charge in [-0.25, -0.2) is 0 Å². The van der Waals surface area contributed by atoms with Crippen LogP contribution >= 0.6 is 23.2 Å². The van der Waals surface area contributed by atoms with E-state index < -0.39 is 0 Å². The molecule has 2 aromatic carbocycles. The van der Waals surface area contributed by atoms with Gasteiger partial charge in [0.05, 0.1) is 10.0 Å². The molecular formula is C16H12Cl2O. The standard InChI is InChI=1S/C16H12Cl2O/c17-14-6-5-10(7-15(14)18)8-16(19)13-9-11-3-1-2-4-12(11)13/h1-7,13H,8-9H2. The summed E-state index contributed by atoms with van der Waals surface area (Å²) in [4.78, 5) is 12.3. The van der Waals surface area contributed by atoms with Gasteiger partial charge in [-0.15, -0.1) is 0 Å². The summed E-state index contributed by atoms with van der Waals surface area (Å²) in [5.41, 5.74) is 3.38. The van der Waals surface area contributed by atoms with Crippen molar-refractivity contribution in [3.8, 4) is 0 Å². The Bertz CT molecular complexity index is 649. The fourth-order valence-corrected chi connectivity index (χ4v) is 2.84. The van der Waals surface area contributed by atoms with Crippen LogP contribution in [-0.2, 0) is 17.6 Å². The fourth-order valence-electron chi connectivity index (χ4n) is 2.52. The third-order valence-corrected chi connectivity index (χ3v) is 4.34. The zero-order valence-electron chi connectivity index (χ0n) is 10.2. The minimum absolute atomic E-state index is 0.0469. The molecule has 1 atom stereocenters. The van der Waals surface area contributed by atoms with E-state index in [1.807, 2.05) is 24.3 Å². The fraction of sp³-hybridized carbons (Fsp3) is 0.188. The number of ketones is 1. The molecule has 0 saturated carbocycles. The van der Waals surface area contributed by atoms with Crippen LogP contribution in [0, 0.1) is 0 Å². The zero-order chi connectivity index (χ0) is 13.4. The molecule has 0 heterocycles. The second-order valence-corrected chi connectivity index (χ2v) is 5.66. The van der Waals surface area contributed by atoms with Gasteiger partial charge in [0, 0.05) is 12.3 Å². The van der Waals surface area contributed by atoms with Crippen LogP contribution in [0.1, 0.15) is 22.6 Å². The van der Waals surface area contributed by atoms with Crippen LogP contribution in [0.3, 0.4) is 0 Å². The van der Waals surface area contributed by atoms with Crippen molar-refractivity contribution < 1.29 is 4.79 Å². The number of hydrogen-bond acceptors (Lipinski definition) is 1. The highest BCUT2D eigenvalue weighted by Crippen LogP contribution is 2.36. The highest BCUT2D eigenvalue weighted by Gasteiger charge is 2.31. The van der Waals surface area contributed by atoms with E-state index in [4.69, 9.17) is 23.2 Å². The third kappa shape index (κ3) is 2.41. The third-order valence-electron chi connectivity index (χ3n) is 3.61. The molecule has 1 unspecified atom stereocenters. The quantitative estimate of drug-likeness (QED) is 0.816. The van der Waals surface area contributed by atoms with E-state index in [0.717, 1.165) is 12.0 Å². The van der Waals surface area contributed by atoms with Gasteiger partial charge in [-0.1, -0.05) is 53.5 Å². The van der Waals surface area contributed by atoms with E-state index in [1.165, 1.54) is 11.1 Å². The van der Waals surface area contributed by atoms with Crippen molar-refractivity contribution in [2.45, 2.75) is 18.8 Å². The number of benzene rings is 2. The van der Waals surface area contributed by atoms with E-state index in [0.29, 0.717) is 16.5 Å². The predicted octanol–water partition coefficient (Wildman–Crippen LogP) is 4.44. The number of Topliss-reactive ketones (excluding diaryl/α,β-unsaturated/α-hetero) is 1. The molecule has 0 amide bonds. The minimum Gasteiger partial charge on any atom is -0.299 e. The van der Waals surface area contributed by atoms with Gasteiger partial charge >= 0.3 is 0 Å². The monoisotopic (exact) mass is 290 g/mol. The molecular weight excluding hydrogens is 279 g/mol. The lowest BCUT2D eigenvalue weighted by Crippen LogP contribution is -2.26. The SMILES string of the molecule is O=C(Cc1ccc(Cl)c(Cl)c1)C1Cc2ccccc21. The largest absolute Gasteiger partial charge is 0.299 e. The molecule has 0 bridgehead atoms. The molecule has 0 radical (unpaired) electrons. The maximum Gasteiger partial charge on any atom is 0.145 e. The summed E-state index contributed by atoms with van der Waals surface area (Å²) < 4.78 is 0. The van der Waals surface area contributed by atoms with Gasteiger partial charge in [0.2, 0.25) is 0 Å². The Balaban J connectivity index is 1.75. The molecule has 96 valence electrons. The number of halogens is 2. The van der Waals surface area contributed by atoms with E-state index in [9.17, 15) is 4.79 Å². The molecule has 3 heteroatoms. The van der Waals surface area contributed by atoms with Gasteiger partial charge in [-0.2, -0.15) is 0 Å². The summed E-state index contributed by atoms with van der Waals surface area (Å²) in [5.74, 6) is 0.294. The lowest BCUT2D eigenvalue weighted by molar-refractivity contribution is -0.120. The zero-order valence-corrected chi connectivity index (χ0v) is 11.7. The van der Waals surface area contributed by atoms with Crippen molar-refractivity contribution in [1.82, 2.24) is 0 Å². The lowest BCUT2D eigenvalue weighted by atomic mass is 9.74. The second kappa shape index (κ2) is 4.99. The normalized spacial score (nSPS) is 16.6. The summed E-state index contributed by atoms with van der Waals surface area (Å²) in [6.07, 6.45) is 1.27. The van der Waals surface area contributed by atoms with Crippen LogP contribution < -0.4 is 0 Å². The smallest absolute Gasteiger partial charge is 0.145 e. The van der Waals surface area contributed by atoms with Crippen LogP contribution in [-0.4, -0.2) is 5.78 Å². The van der Waals surface area contributed by atoms with Crippen LogP contribution in [0.4, 0.5) is 0 Å². The molecule has 0 aliphatic heterocycles. The van der Waals surface area contributed by atoms with Gasteiger partial charge in [-0.3, -0.25) is 4.79 Å². The van der Waals surface area contributed by atoms with E-state index >= 15 is 0 Å². The van der Waals surface area contributed by atoms with E-state index in [1.54, 1.807) is 12.1 Å². The van der Waals surface area contributed by atoms with Crippen LogP contribution in [0.5, 0.6) is 0 Å². The summed E-state index contributed by atoms with van der Waals surface area (Å²) in [5, 5.41) is 1.02. The van der Waals surface area contributed by atoms with Crippen molar-refractivity contribution in [3.63, 3.8) is 0 Å². The number of carbonyl (C=O) groups excluding carboxylic acids is 1. The molecule has 0 spiro atoms. The topological polar surface area (TPSA) is 17.1 Å². The van der Waals surface area contributed by atoms with Crippen molar-refractivity contribution >= 4 is 29.0 Å². The van der Waals surface area contributed by atoms with E-state index in [-0.39, 0.29) is 11.7 Å². The molecule has 0 fully saturated rings. The Labute approximate surface area is 122 Å². The lowest BCUT2D eigenvalue weighted by Gasteiger charge is -2.28. The minimum atomic E-state index is 0.0469.